The van der Waals surface area contributed by atoms with Gasteiger partial charge in [-0.25, -0.2) is 4.79 Å². The summed E-state index contributed by atoms with van der Waals surface area (Å²) in [5.74, 6) is -0.281. The molecule has 1 aromatic carbocycles. The Bertz CT molecular complexity index is 701. The van der Waals surface area contributed by atoms with Crippen LogP contribution in [0.2, 0.25) is 0 Å². The molecule has 0 aromatic heterocycles. The number of carbonyl (C=O) groups excluding carboxylic acids is 3. The molecular formula is C20H29N3O4. The van der Waals surface area contributed by atoms with Gasteiger partial charge in [0.05, 0.1) is 12.3 Å². The van der Waals surface area contributed by atoms with Crippen molar-refractivity contribution in [3.05, 3.63) is 28.8 Å². The lowest BCUT2D eigenvalue weighted by Crippen LogP contribution is -2.53. The molecule has 0 atom stereocenters. The first-order valence-corrected chi connectivity index (χ1v) is 9.30. The Balaban J connectivity index is 2.07. The molecule has 148 valence electrons. The zero-order valence-electron chi connectivity index (χ0n) is 16.9. The molecular weight excluding hydrogens is 346 g/mol. The molecule has 0 unspecified atom stereocenters. The van der Waals surface area contributed by atoms with Gasteiger partial charge in [-0.3, -0.25) is 9.59 Å². The van der Waals surface area contributed by atoms with Crippen LogP contribution in [0.4, 0.5) is 10.5 Å². The fraction of sp³-hybridized carbons (Fsp3) is 0.550. The summed E-state index contributed by atoms with van der Waals surface area (Å²) in [6.07, 6.45) is -0.346. The minimum absolute atomic E-state index is 0.000515. The van der Waals surface area contributed by atoms with E-state index in [1.807, 2.05) is 32.9 Å². The molecule has 1 aliphatic heterocycles. The maximum Gasteiger partial charge on any atom is 0.409 e. The third-order valence-corrected chi connectivity index (χ3v) is 4.74. The van der Waals surface area contributed by atoms with Gasteiger partial charge < -0.3 is 19.4 Å². The van der Waals surface area contributed by atoms with Crippen molar-refractivity contribution < 1.29 is 19.1 Å². The first-order valence-electron chi connectivity index (χ1n) is 9.30. The Morgan fingerprint density at radius 2 is 1.52 bits per heavy atom. The number of nitrogens with zero attached hydrogens (tertiary/aromatic N) is 3. The van der Waals surface area contributed by atoms with E-state index in [-0.39, 0.29) is 24.5 Å². The lowest BCUT2D eigenvalue weighted by atomic mass is 10.0. The van der Waals surface area contributed by atoms with Gasteiger partial charge in [-0.15, -0.1) is 0 Å². The van der Waals surface area contributed by atoms with Crippen LogP contribution in [0, 0.1) is 20.8 Å². The lowest BCUT2D eigenvalue weighted by Gasteiger charge is -2.35. The van der Waals surface area contributed by atoms with Crippen molar-refractivity contribution >= 4 is 23.6 Å². The Labute approximate surface area is 160 Å². The molecule has 0 bridgehead atoms. The van der Waals surface area contributed by atoms with E-state index in [1.54, 1.807) is 21.6 Å². The van der Waals surface area contributed by atoms with Crippen LogP contribution < -0.4 is 4.90 Å². The van der Waals surface area contributed by atoms with E-state index in [2.05, 4.69) is 0 Å². The number of anilines is 1. The number of aryl methyl sites for hydroxylation is 3. The number of ether oxygens (including phenoxy) is 1. The summed E-state index contributed by atoms with van der Waals surface area (Å²) < 4.78 is 5.00. The van der Waals surface area contributed by atoms with Crippen molar-refractivity contribution in [2.75, 3.05) is 44.2 Å². The van der Waals surface area contributed by atoms with E-state index < -0.39 is 0 Å². The highest BCUT2D eigenvalue weighted by atomic mass is 16.6. The molecule has 0 radical (unpaired) electrons. The van der Waals surface area contributed by atoms with Crippen LogP contribution >= 0.6 is 0 Å². The normalized spacial score (nSPS) is 14.1. The average molecular weight is 375 g/mol. The number of benzene rings is 1. The van der Waals surface area contributed by atoms with Crippen LogP contribution in [0.1, 0.15) is 30.5 Å². The number of hydrogen-bond donors (Lipinski definition) is 0. The van der Waals surface area contributed by atoms with Crippen molar-refractivity contribution in [2.45, 2.75) is 34.6 Å². The summed E-state index contributed by atoms with van der Waals surface area (Å²) in [7, 11) is 0. The SMILES string of the molecule is CCOC(=O)N1CCN(C(=O)CN(C(C)=O)c2c(C)cc(C)cc2C)CC1. The van der Waals surface area contributed by atoms with Gasteiger partial charge in [0.1, 0.15) is 6.54 Å². The average Bonchev–Trinajstić information content (AvgIpc) is 2.60. The molecule has 27 heavy (non-hydrogen) atoms. The number of piperazine rings is 1. The molecule has 7 heteroatoms. The molecule has 2 rings (SSSR count). The molecule has 0 N–H and O–H groups in total. The van der Waals surface area contributed by atoms with Crippen molar-refractivity contribution in [1.29, 1.82) is 0 Å². The summed E-state index contributed by atoms with van der Waals surface area (Å²) in [5.41, 5.74) is 3.87. The fourth-order valence-corrected chi connectivity index (χ4v) is 3.53. The van der Waals surface area contributed by atoms with Gasteiger partial charge >= 0.3 is 6.09 Å². The second-order valence-electron chi connectivity index (χ2n) is 6.92. The highest BCUT2D eigenvalue weighted by molar-refractivity contribution is 5.98. The van der Waals surface area contributed by atoms with Gasteiger partial charge in [0, 0.05) is 33.1 Å². The quantitative estimate of drug-likeness (QED) is 0.809. The van der Waals surface area contributed by atoms with E-state index in [1.165, 1.54) is 6.92 Å². The van der Waals surface area contributed by atoms with Gasteiger partial charge in [0.15, 0.2) is 0 Å². The highest BCUT2D eigenvalue weighted by Crippen LogP contribution is 2.26. The van der Waals surface area contributed by atoms with Crippen LogP contribution in [0.25, 0.3) is 0 Å². The summed E-state index contributed by atoms with van der Waals surface area (Å²) >= 11 is 0. The Kier molecular flexibility index (Phi) is 6.82. The Morgan fingerprint density at radius 1 is 1.00 bits per heavy atom. The van der Waals surface area contributed by atoms with Gasteiger partial charge in [0.25, 0.3) is 0 Å². The van der Waals surface area contributed by atoms with Crippen LogP contribution in [0.15, 0.2) is 12.1 Å². The van der Waals surface area contributed by atoms with Crippen LogP contribution in [-0.2, 0) is 14.3 Å². The topological polar surface area (TPSA) is 70.2 Å². The van der Waals surface area contributed by atoms with Crippen molar-refractivity contribution in [3.63, 3.8) is 0 Å². The number of hydrogen-bond acceptors (Lipinski definition) is 4. The predicted molar refractivity (Wildman–Crippen MR) is 104 cm³/mol. The number of amides is 3. The standard InChI is InChI=1S/C20H29N3O4/c1-6-27-20(26)22-9-7-21(8-10-22)18(25)13-23(17(5)24)19-15(3)11-14(2)12-16(19)4/h11-12H,6-10,13H2,1-5H3. The summed E-state index contributed by atoms with van der Waals surface area (Å²) in [6.45, 7) is 11.2. The van der Waals surface area contributed by atoms with E-state index in [0.29, 0.717) is 32.8 Å². The van der Waals surface area contributed by atoms with Crippen molar-refractivity contribution in [3.8, 4) is 0 Å². The predicted octanol–water partition coefficient (Wildman–Crippen LogP) is 2.27. The van der Waals surface area contributed by atoms with Crippen molar-refractivity contribution in [2.24, 2.45) is 0 Å². The maximum atomic E-state index is 12.8. The second kappa shape index (κ2) is 8.88. The smallest absolute Gasteiger partial charge is 0.409 e. The van der Waals surface area contributed by atoms with Crippen LogP contribution in [0.3, 0.4) is 0 Å². The minimum atomic E-state index is -0.346. The zero-order valence-corrected chi connectivity index (χ0v) is 16.9. The zero-order chi connectivity index (χ0) is 20.1. The van der Waals surface area contributed by atoms with Crippen LogP contribution in [-0.4, -0.2) is 67.0 Å². The molecule has 1 fully saturated rings. The molecule has 1 heterocycles. The summed E-state index contributed by atoms with van der Waals surface area (Å²) in [6, 6.07) is 4.03. The largest absolute Gasteiger partial charge is 0.450 e. The minimum Gasteiger partial charge on any atom is -0.450 e. The molecule has 0 saturated carbocycles. The van der Waals surface area contributed by atoms with Gasteiger partial charge in [-0.05, 0) is 38.8 Å². The van der Waals surface area contributed by atoms with E-state index in [9.17, 15) is 14.4 Å². The van der Waals surface area contributed by atoms with E-state index >= 15 is 0 Å². The molecule has 1 aromatic rings. The van der Waals surface area contributed by atoms with Gasteiger partial charge in [-0.1, -0.05) is 17.7 Å². The molecule has 0 aliphatic carbocycles. The van der Waals surface area contributed by atoms with Crippen molar-refractivity contribution in [1.82, 2.24) is 9.80 Å². The number of carbonyl (C=O) groups is 3. The van der Waals surface area contributed by atoms with Crippen LogP contribution in [0.5, 0.6) is 0 Å². The highest BCUT2D eigenvalue weighted by Gasteiger charge is 2.27. The molecule has 0 spiro atoms. The first-order chi connectivity index (χ1) is 12.7. The third-order valence-electron chi connectivity index (χ3n) is 4.74. The lowest BCUT2D eigenvalue weighted by molar-refractivity contribution is -0.132. The molecule has 7 nitrogen and oxygen atoms in total. The van der Waals surface area contributed by atoms with E-state index in [4.69, 9.17) is 4.74 Å². The molecule has 1 aliphatic rings. The third kappa shape index (κ3) is 4.99. The summed E-state index contributed by atoms with van der Waals surface area (Å²) in [4.78, 5) is 41.6. The first kappa shape index (κ1) is 20.7. The van der Waals surface area contributed by atoms with Gasteiger partial charge in [0.2, 0.25) is 11.8 Å². The van der Waals surface area contributed by atoms with E-state index in [0.717, 1.165) is 22.4 Å². The molecule has 1 saturated heterocycles. The summed E-state index contributed by atoms with van der Waals surface area (Å²) in [5, 5.41) is 0. The fourth-order valence-electron chi connectivity index (χ4n) is 3.53. The second-order valence-corrected chi connectivity index (χ2v) is 6.92. The molecule has 3 amide bonds. The maximum absolute atomic E-state index is 12.8. The monoisotopic (exact) mass is 375 g/mol. The van der Waals surface area contributed by atoms with Gasteiger partial charge in [-0.2, -0.15) is 0 Å². The number of rotatable bonds is 4. The Morgan fingerprint density at radius 3 is 2.00 bits per heavy atom. The Hall–Kier alpha value is -2.57.